The maximum atomic E-state index is 11.6. The topological polar surface area (TPSA) is 85.8 Å². The number of nitrogens with one attached hydrogen (secondary N) is 1. The maximum absolute atomic E-state index is 11.6. The van der Waals surface area contributed by atoms with Gasteiger partial charge in [-0.05, 0) is 18.2 Å². The van der Waals surface area contributed by atoms with E-state index in [9.17, 15) is 4.79 Å². The highest BCUT2D eigenvalue weighted by Gasteiger charge is 2.08. The average molecular weight is 283 g/mol. The van der Waals surface area contributed by atoms with Crippen LogP contribution in [0.5, 0.6) is 0 Å². The van der Waals surface area contributed by atoms with E-state index in [-0.39, 0.29) is 11.7 Å². The normalized spacial score (nSPS) is 10.5. The minimum Gasteiger partial charge on any atom is -0.351 e. The Bertz CT molecular complexity index is 706. The molecule has 1 amide bonds. The second kappa shape index (κ2) is 6.00. The van der Waals surface area contributed by atoms with Crippen molar-refractivity contribution < 1.29 is 9.32 Å². The van der Waals surface area contributed by atoms with E-state index >= 15 is 0 Å². The SMILES string of the molecule is O=C(NCCn1ccc(-c2ccccn2)n1)c1ccno1. The third kappa shape index (κ3) is 3.14. The molecule has 21 heavy (non-hydrogen) atoms. The Morgan fingerprint density at radius 1 is 1.19 bits per heavy atom. The van der Waals surface area contributed by atoms with Crippen molar-refractivity contribution in [1.29, 1.82) is 0 Å². The lowest BCUT2D eigenvalue weighted by Gasteiger charge is -2.03. The lowest BCUT2D eigenvalue weighted by atomic mass is 10.3. The Labute approximate surface area is 120 Å². The molecule has 0 unspecified atom stereocenters. The molecule has 0 fully saturated rings. The zero-order valence-electron chi connectivity index (χ0n) is 11.1. The molecule has 3 rings (SSSR count). The number of amides is 1. The van der Waals surface area contributed by atoms with E-state index in [0.717, 1.165) is 11.4 Å². The minimum atomic E-state index is -0.287. The van der Waals surface area contributed by atoms with Gasteiger partial charge in [0.25, 0.3) is 5.91 Å². The molecule has 0 aromatic carbocycles. The van der Waals surface area contributed by atoms with Gasteiger partial charge in [-0.1, -0.05) is 11.2 Å². The molecule has 1 N–H and O–H groups in total. The van der Waals surface area contributed by atoms with Gasteiger partial charge in [-0.2, -0.15) is 5.10 Å². The van der Waals surface area contributed by atoms with E-state index in [1.165, 1.54) is 12.3 Å². The van der Waals surface area contributed by atoms with Crippen LogP contribution >= 0.6 is 0 Å². The van der Waals surface area contributed by atoms with Crippen molar-refractivity contribution in [3.8, 4) is 11.4 Å². The number of aromatic nitrogens is 4. The summed E-state index contributed by atoms with van der Waals surface area (Å²) in [6.07, 6.45) is 5.01. The molecule has 0 aliphatic heterocycles. The van der Waals surface area contributed by atoms with Gasteiger partial charge in [-0.15, -0.1) is 0 Å². The molecule has 0 saturated carbocycles. The zero-order chi connectivity index (χ0) is 14.5. The summed E-state index contributed by atoms with van der Waals surface area (Å²) in [5.41, 5.74) is 1.62. The molecule has 7 heteroatoms. The van der Waals surface area contributed by atoms with Gasteiger partial charge in [-0.25, -0.2) is 0 Å². The minimum absolute atomic E-state index is 0.199. The molecule has 0 bridgehead atoms. The fraction of sp³-hybridized carbons (Fsp3) is 0.143. The van der Waals surface area contributed by atoms with E-state index in [4.69, 9.17) is 4.52 Å². The Morgan fingerprint density at radius 3 is 2.90 bits per heavy atom. The summed E-state index contributed by atoms with van der Waals surface area (Å²) in [5, 5.41) is 10.6. The van der Waals surface area contributed by atoms with Gasteiger partial charge < -0.3 is 9.84 Å². The van der Waals surface area contributed by atoms with Crippen LogP contribution in [0.1, 0.15) is 10.6 Å². The van der Waals surface area contributed by atoms with Crippen molar-refractivity contribution in [2.45, 2.75) is 6.54 Å². The standard InChI is InChI=1S/C14H13N5O2/c20-14(13-4-7-17-21-13)16-8-10-19-9-5-12(18-19)11-3-1-2-6-15-11/h1-7,9H,8,10H2,(H,16,20). The molecule has 0 aliphatic rings. The first kappa shape index (κ1) is 13.0. The van der Waals surface area contributed by atoms with Crippen molar-refractivity contribution in [1.82, 2.24) is 25.2 Å². The molecular weight excluding hydrogens is 270 g/mol. The number of pyridine rings is 1. The van der Waals surface area contributed by atoms with Gasteiger partial charge in [-0.3, -0.25) is 14.5 Å². The Kier molecular flexibility index (Phi) is 3.72. The fourth-order valence-corrected chi connectivity index (χ4v) is 1.84. The van der Waals surface area contributed by atoms with Crippen molar-refractivity contribution in [2.75, 3.05) is 6.54 Å². The molecule has 0 atom stereocenters. The predicted molar refractivity (Wildman–Crippen MR) is 74.3 cm³/mol. The third-order valence-corrected chi connectivity index (χ3v) is 2.86. The first-order chi connectivity index (χ1) is 10.3. The Morgan fingerprint density at radius 2 is 2.14 bits per heavy atom. The quantitative estimate of drug-likeness (QED) is 0.764. The van der Waals surface area contributed by atoms with Crippen molar-refractivity contribution in [3.63, 3.8) is 0 Å². The first-order valence-electron chi connectivity index (χ1n) is 6.47. The van der Waals surface area contributed by atoms with Crippen LogP contribution in [0, 0.1) is 0 Å². The fourth-order valence-electron chi connectivity index (χ4n) is 1.84. The summed E-state index contributed by atoms with van der Waals surface area (Å²) in [4.78, 5) is 15.9. The second-order valence-corrected chi connectivity index (χ2v) is 4.31. The third-order valence-electron chi connectivity index (χ3n) is 2.86. The van der Waals surface area contributed by atoms with Crippen LogP contribution in [-0.2, 0) is 6.54 Å². The highest BCUT2D eigenvalue weighted by Crippen LogP contribution is 2.12. The van der Waals surface area contributed by atoms with Gasteiger partial charge in [0.15, 0.2) is 0 Å². The summed E-state index contributed by atoms with van der Waals surface area (Å²) in [5.74, 6) is -0.0887. The van der Waals surface area contributed by atoms with Crippen LogP contribution in [0.4, 0.5) is 0 Å². The number of carbonyl (C=O) groups is 1. The molecule has 0 radical (unpaired) electrons. The van der Waals surface area contributed by atoms with Gasteiger partial charge in [0.2, 0.25) is 5.76 Å². The van der Waals surface area contributed by atoms with Gasteiger partial charge >= 0.3 is 0 Å². The largest absolute Gasteiger partial charge is 0.351 e. The van der Waals surface area contributed by atoms with E-state index in [2.05, 4.69) is 20.6 Å². The van der Waals surface area contributed by atoms with Gasteiger partial charge in [0.1, 0.15) is 5.69 Å². The predicted octanol–water partition coefficient (Wildman–Crippen LogP) is 1.36. The van der Waals surface area contributed by atoms with E-state index < -0.39 is 0 Å². The van der Waals surface area contributed by atoms with E-state index in [1.807, 2.05) is 30.5 Å². The van der Waals surface area contributed by atoms with E-state index in [0.29, 0.717) is 13.1 Å². The highest BCUT2D eigenvalue weighted by atomic mass is 16.5. The molecule has 7 nitrogen and oxygen atoms in total. The van der Waals surface area contributed by atoms with Crippen molar-refractivity contribution in [3.05, 3.63) is 54.7 Å². The summed E-state index contributed by atoms with van der Waals surface area (Å²) < 4.78 is 6.52. The molecular formula is C14H13N5O2. The zero-order valence-corrected chi connectivity index (χ0v) is 11.1. The number of rotatable bonds is 5. The second-order valence-electron chi connectivity index (χ2n) is 4.31. The molecule has 3 aromatic rings. The summed E-state index contributed by atoms with van der Waals surface area (Å²) in [7, 11) is 0. The monoisotopic (exact) mass is 283 g/mol. The molecule has 3 aromatic heterocycles. The Balaban J connectivity index is 1.55. The van der Waals surface area contributed by atoms with Crippen LogP contribution in [0.15, 0.2) is 53.4 Å². The maximum Gasteiger partial charge on any atom is 0.289 e. The van der Waals surface area contributed by atoms with Crippen LogP contribution in [0.2, 0.25) is 0 Å². The summed E-state index contributed by atoms with van der Waals surface area (Å²) >= 11 is 0. The van der Waals surface area contributed by atoms with Crippen LogP contribution in [-0.4, -0.2) is 32.4 Å². The first-order valence-corrected chi connectivity index (χ1v) is 6.47. The molecule has 0 saturated heterocycles. The Hall–Kier alpha value is -2.96. The lowest BCUT2D eigenvalue weighted by Crippen LogP contribution is -2.27. The van der Waals surface area contributed by atoms with Crippen LogP contribution in [0.25, 0.3) is 11.4 Å². The molecule has 106 valence electrons. The van der Waals surface area contributed by atoms with Crippen LogP contribution < -0.4 is 5.32 Å². The van der Waals surface area contributed by atoms with Crippen molar-refractivity contribution in [2.24, 2.45) is 0 Å². The summed E-state index contributed by atoms with van der Waals surface area (Å²) in [6.45, 7) is 1.01. The van der Waals surface area contributed by atoms with E-state index in [1.54, 1.807) is 10.9 Å². The lowest BCUT2D eigenvalue weighted by molar-refractivity contribution is 0.0915. The summed E-state index contributed by atoms with van der Waals surface area (Å²) in [6, 6.07) is 9.08. The van der Waals surface area contributed by atoms with Crippen molar-refractivity contribution >= 4 is 5.91 Å². The van der Waals surface area contributed by atoms with Gasteiger partial charge in [0.05, 0.1) is 18.4 Å². The highest BCUT2D eigenvalue weighted by molar-refractivity contribution is 5.91. The number of hydrogen-bond donors (Lipinski definition) is 1. The van der Waals surface area contributed by atoms with Gasteiger partial charge in [0, 0.05) is 25.0 Å². The average Bonchev–Trinajstić information content (AvgIpc) is 3.20. The number of hydrogen-bond acceptors (Lipinski definition) is 5. The number of nitrogens with zero attached hydrogens (tertiary/aromatic N) is 4. The number of carbonyl (C=O) groups excluding carboxylic acids is 1. The molecule has 0 aliphatic carbocycles. The molecule has 0 spiro atoms. The smallest absolute Gasteiger partial charge is 0.289 e. The van der Waals surface area contributed by atoms with Crippen LogP contribution in [0.3, 0.4) is 0 Å². The molecule has 3 heterocycles.